The van der Waals surface area contributed by atoms with Gasteiger partial charge in [-0.2, -0.15) is 11.8 Å². The van der Waals surface area contributed by atoms with Crippen molar-refractivity contribution in [2.24, 2.45) is 11.8 Å². The minimum atomic E-state index is -0.949. The molecule has 3 atom stereocenters. The van der Waals surface area contributed by atoms with Gasteiger partial charge in [-0.1, -0.05) is 13.8 Å². The number of aliphatic carboxylic acids is 1. The van der Waals surface area contributed by atoms with Crippen LogP contribution >= 0.6 is 11.8 Å². The molecule has 0 aliphatic heterocycles. The van der Waals surface area contributed by atoms with Crippen LogP contribution in [0.5, 0.6) is 0 Å². The zero-order valence-electron chi connectivity index (χ0n) is 11.3. The number of carbonyl (C=O) groups excluding carboxylic acids is 1. The van der Waals surface area contributed by atoms with Crippen molar-refractivity contribution in [3.05, 3.63) is 0 Å². The highest BCUT2D eigenvalue weighted by Gasteiger charge is 2.26. The summed E-state index contributed by atoms with van der Waals surface area (Å²) in [5, 5.41) is 12.0. The molecule has 2 N–H and O–H groups in total. The second-order valence-corrected chi connectivity index (χ2v) is 6.80. The largest absolute Gasteiger partial charge is 0.480 e. The van der Waals surface area contributed by atoms with E-state index in [-0.39, 0.29) is 5.91 Å². The summed E-state index contributed by atoms with van der Waals surface area (Å²) in [7, 11) is 0. The Labute approximate surface area is 113 Å². The average molecular weight is 273 g/mol. The molecule has 4 nitrogen and oxygen atoms in total. The van der Waals surface area contributed by atoms with Gasteiger partial charge in [0.05, 0.1) is 0 Å². The molecule has 1 rings (SSSR count). The number of carboxylic acids is 1. The molecular weight excluding hydrogens is 250 g/mol. The van der Waals surface area contributed by atoms with Crippen molar-refractivity contribution in [2.45, 2.75) is 51.3 Å². The van der Waals surface area contributed by atoms with E-state index in [1.807, 2.05) is 0 Å². The van der Waals surface area contributed by atoms with Crippen molar-refractivity contribution in [2.75, 3.05) is 5.75 Å². The lowest BCUT2D eigenvalue weighted by atomic mass is 9.83. The van der Waals surface area contributed by atoms with Crippen LogP contribution in [0, 0.1) is 11.8 Å². The molecule has 0 aromatic heterocycles. The molecule has 0 heterocycles. The van der Waals surface area contributed by atoms with Crippen LogP contribution in [0.25, 0.3) is 0 Å². The summed E-state index contributed by atoms with van der Waals surface area (Å²) in [4.78, 5) is 21.9. The van der Waals surface area contributed by atoms with Gasteiger partial charge in [0.1, 0.15) is 6.04 Å². The number of hydrogen-bond acceptors (Lipinski definition) is 3. The van der Waals surface area contributed by atoms with Crippen molar-refractivity contribution in [3.63, 3.8) is 0 Å². The molecule has 1 aliphatic carbocycles. The molecule has 0 saturated heterocycles. The van der Waals surface area contributed by atoms with Crippen LogP contribution < -0.4 is 5.32 Å². The Morgan fingerprint density at radius 3 is 2.28 bits per heavy atom. The fourth-order valence-electron chi connectivity index (χ4n) is 2.66. The molecule has 0 radical (unpaired) electrons. The average Bonchev–Trinajstić information content (AvgIpc) is 2.21. The lowest BCUT2D eigenvalue weighted by molar-refractivity contribution is -0.140. The normalized spacial score (nSPS) is 29.6. The SMILES string of the molecule is CC(=O)N[C@@H](CSC1CC(C)CC(C)C1)C(=O)O. The van der Waals surface area contributed by atoms with Gasteiger partial charge in [-0.25, -0.2) is 4.79 Å². The van der Waals surface area contributed by atoms with E-state index in [2.05, 4.69) is 19.2 Å². The third-order valence-electron chi connectivity index (χ3n) is 3.31. The molecule has 2 unspecified atom stereocenters. The van der Waals surface area contributed by atoms with Gasteiger partial charge in [-0.3, -0.25) is 4.79 Å². The highest BCUT2D eigenvalue weighted by Crippen LogP contribution is 2.35. The minimum absolute atomic E-state index is 0.284. The van der Waals surface area contributed by atoms with E-state index in [1.54, 1.807) is 11.8 Å². The van der Waals surface area contributed by atoms with Crippen molar-refractivity contribution in [3.8, 4) is 0 Å². The van der Waals surface area contributed by atoms with Gasteiger partial charge in [0.15, 0.2) is 0 Å². The maximum atomic E-state index is 11.0. The number of nitrogens with one attached hydrogen (secondary N) is 1. The van der Waals surface area contributed by atoms with Gasteiger partial charge in [0.2, 0.25) is 5.91 Å². The predicted octanol–water partition coefficient (Wildman–Crippen LogP) is 2.13. The Morgan fingerprint density at radius 2 is 1.83 bits per heavy atom. The van der Waals surface area contributed by atoms with Gasteiger partial charge in [-0.05, 0) is 31.1 Å². The molecule has 0 bridgehead atoms. The number of carbonyl (C=O) groups is 2. The van der Waals surface area contributed by atoms with Crippen LogP contribution in [-0.4, -0.2) is 34.0 Å². The van der Waals surface area contributed by atoms with E-state index < -0.39 is 12.0 Å². The second kappa shape index (κ2) is 7.02. The first-order chi connectivity index (χ1) is 8.38. The maximum Gasteiger partial charge on any atom is 0.327 e. The van der Waals surface area contributed by atoms with Crippen LogP contribution in [0.3, 0.4) is 0 Å². The predicted molar refractivity (Wildman–Crippen MR) is 73.7 cm³/mol. The lowest BCUT2D eigenvalue weighted by Crippen LogP contribution is -2.42. The first-order valence-corrected chi connectivity index (χ1v) is 7.54. The monoisotopic (exact) mass is 273 g/mol. The van der Waals surface area contributed by atoms with Gasteiger partial charge in [0, 0.05) is 17.9 Å². The zero-order chi connectivity index (χ0) is 13.7. The maximum absolute atomic E-state index is 11.0. The fraction of sp³-hybridized carbons (Fsp3) is 0.846. The first-order valence-electron chi connectivity index (χ1n) is 6.50. The number of rotatable bonds is 5. The summed E-state index contributed by atoms with van der Waals surface area (Å²) in [5.74, 6) is 0.660. The van der Waals surface area contributed by atoms with Crippen molar-refractivity contribution >= 4 is 23.6 Å². The topological polar surface area (TPSA) is 66.4 Å². The van der Waals surface area contributed by atoms with Crippen molar-refractivity contribution in [1.29, 1.82) is 0 Å². The molecule has 18 heavy (non-hydrogen) atoms. The van der Waals surface area contributed by atoms with Crippen molar-refractivity contribution < 1.29 is 14.7 Å². The van der Waals surface area contributed by atoms with Gasteiger partial charge in [-0.15, -0.1) is 0 Å². The van der Waals surface area contributed by atoms with Crippen LogP contribution in [-0.2, 0) is 9.59 Å². The fourth-order valence-corrected chi connectivity index (χ4v) is 4.28. The van der Waals surface area contributed by atoms with E-state index >= 15 is 0 Å². The van der Waals surface area contributed by atoms with Crippen molar-refractivity contribution in [1.82, 2.24) is 5.32 Å². The second-order valence-electron chi connectivity index (χ2n) is 5.46. The van der Waals surface area contributed by atoms with Crippen LogP contribution in [0.2, 0.25) is 0 Å². The Morgan fingerprint density at radius 1 is 1.28 bits per heavy atom. The third-order valence-corrected chi connectivity index (χ3v) is 4.69. The van der Waals surface area contributed by atoms with Crippen LogP contribution in [0.15, 0.2) is 0 Å². The van der Waals surface area contributed by atoms with Gasteiger partial charge in [0.25, 0.3) is 0 Å². The molecule has 104 valence electrons. The minimum Gasteiger partial charge on any atom is -0.480 e. The molecule has 1 saturated carbocycles. The summed E-state index contributed by atoms with van der Waals surface area (Å²) in [6.07, 6.45) is 3.58. The Balaban J connectivity index is 2.41. The van der Waals surface area contributed by atoms with Crippen LogP contribution in [0.1, 0.15) is 40.0 Å². The van der Waals surface area contributed by atoms with E-state index in [0.717, 1.165) is 24.7 Å². The molecule has 1 fully saturated rings. The lowest BCUT2D eigenvalue weighted by Gasteiger charge is -2.31. The van der Waals surface area contributed by atoms with Gasteiger partial charge >= 0.3 is 5.97 Å². The highest BCUT2D eigenvalue weighted by molar-refractivity contribution is 8.00. The summed E-state index contributed by atoms with van der Waals surface area (Å²) in [5.41, 5.74) is 0. The number of thioether (sulfide) groups is 1. The number of carboxylic acid groups (broad SMARTS) is 1. The summed E-state index contributed by atoms with van der Waals surface area (Å²) in [6, 6.07) is -0.764. The standard InChI is InChI=1S/C13H23NO3S/c1-8-4-9(2)6-11(5-8)18-7-12(13(16)17)14-10(3)15/h8-9,11-12H,4-7H2,1-3H3,(H,14,15)(H,16,17)/t8?,9?,11?,12-/m0/s1. The van der Waals surface area contributed by atoms with E-state index in [4.69, 9.17) is 5.11 Å². The smallest absolute Gasteiger partial charge is 0.327 e. The Bertz CT molecular complexity index is 299. The molecule has 5 heteroatoms. The Kier molecular flexibility index (Phi) is 5.99. The molecule has 1 aliphatic rings. The molecular formula is C13H23NO3S. The number of amides is 1. The van der Waals surface area contributed by atoms with E-state index in [1.165, 1.54) is 13.3 Å². The Hall–Kier alpha value is -0.710. The zero-order valence-corrected chi connectivity index (χ0v) is 12.1. The molecule has 0 aromatic carbocycles. The third kappa shape index (κ3) is 5.29. The quantitative estimate of drug-likeness (QED) is 0.805. The molecule has 0 aromatic rings. The number of hydrogen-bond donors (Lipinski definition) is 2. The van der Waals surface area contributed by atoms with E-state index in [0.29, 0.717) is 11.0 Å². The summed E-state index contributed by atoms with van der Waals surface area (Å²) >= 11 is 1.69. The summed E-state index contributed by atoms with van der Waals surface area (Å²) < 4.78 is 0. The van der Waals surface area contributed by atoms with E-state index in [9.17, 15) is 9.59 Å². The summed E-state index contributed by atoms with van der Waals surface area (Å²) in [6.45, 7) is 5.86. The molecule has 1 amide bonds. The first kappa shape index (κ1) is 15.3. The highest BCUT2D eigenvalue weighted by atomic mass is 32.2. The van der Waals surface area contributed by atoms with Crippen LogP contribution in [0.4, 0.5) is 0 Å². The van der Waals surface area contributed by atoms with Gasteiger partial charge < -0.3 is 10.4 Å². The molecule has 0 spiro atoms.